The Labute approximate surface area is 326 Å². The summed E-state index contributed by atoms with van der Waals surface area (Å²) < 4.78 is 5.22. The maximum absolute atomic E-state index is 5.60. The first-order valence-corrected chi connectivity index (χ1v) is 22.0. The molecule has 0 atom stereocenters. The van der Waals surface area contributed by atoms with E-state index in [0.29, 0.717) is 0 Å². The van der Waals surface area contributed by atoms with Gasteiger partial charge >= 0.3 is 0 Å². The molecule has 0 saturated carbocycles. The van der Waals surface area contributed by atoms with E-state index in [4.69, 9.17) is 12.0 Å². The van der Waals surface area contributed by atoms with Crippen LogP contribution in [0.15, 0.2) is 176 Å². The quantitative estimate of drug-likeness (QED) is 0.127. The summed E-state index contributed by atoms with van der Waals surface area (Å²) in [4.78, 5) is 0. The number of hydrogen-bond acceptors (Lipinski definition) is 3. The third-order valence-electron chi connectivity index (χ3n) is 10.2. The number of thiophene rings is 2. The third kappa shape index (κ3) is 6.43. The Morgan fingerprint density at radius 2 is 0.926 bits per heavy atom. The number of allylic oxidation sites excluding steroid dienone is 3. The van der Waals surface area contributed by atoms with Crippen LogP contribution in [0.2, 0.25) is 0 Å². The summed E-state index contributed by atoms with van der Waals surface area (Å²) in [6.07, 6.45) is 10.5. The average Bonchev–Trinajstić information content (AvgIpc) is 3.80. The van der Waals surface area contributed by atoms with E-state index in [9.17, 15) is 0 Å². The Hall–Kier alpha value is -5.44. The minimum Gasteiger partial charge on any atom is -0.405 e. The highest BCUT2D eigenvalue weighted by molar-refractivity contribution is 7.93. The second-order valence-electron chi connectivity index (χ2n) is 13.3. The van der Waals surface area contributed by atoms with Crippen LogP contribution in [-0.2, 0) is 0 Å². The molecule has 0 unspecified atom stereocenters. The van der Waals surface area contributed by atoms with Crippen LogP contribution in [0.3, 0.4) is 0 Å². The van der Waals surface area contributed by atoms with E-state index in [1.165, 1.54) is 89.6 Å². The van der Waals surface area contributed by atoms with Crippen molar-refractivity contribution in [3.8, 4) is 22.3 Å². The fourth-order valence-electron chi connectivity index (χ4n) is 7.37. The molecule has 0 saturated heterocycles. The predicted octanol–water partition coefficient (Wildman–Crippen LogP) is 13.4. The minimum atomic E-state index is -2.09. The van der Waals surface area contributed by atoms with Gasteiger partial charge in [-0.05, 0) is 130 Å². The summed E-state index contributed by atoms with van der Waals surface area (Å²) in [5, 5.41) is 9.04. The van der Waals surface area contributed by atoms with Crippen molar-refractivity contribution in [2.24, 2.45) is 5.73 Å². The first-order chi connectivity index (χ1) is 26.5. The number of hydrogen-bond donors (Lipinski definition) is 1. The van der Waals surface area contributed by atoms with Gasteiger partial charge < -0.3 is 5.73 Å². The zero-order valence-electron chi connectivity index (χ0n) is 30.8. The Bertz CT molecular complexity index is 2850. The molecule has 0 spiro atoms. The number of benzene rings is 7. The first-order valence-electron chi connectivity index (χ1n) is 18.4. The molecule has 9 aromatic rings. The first kappa shape index (κ1) is 35.6. The Balaban J connectivity index is 0.00000203. The van der Waals surface area contributed by atoms with Gasteiger partial charge in [0.25, 0.3) is 0 Å². The van der Waals surface area contributed by atoms with Crippen LogP contribution in [0, 0.1) is 0 Å². The molecule has 1 nitrogen and oxygen atoms in total. The molecule has 0 fully saturated rings. The largest absolute Gasteiger partial charge is 0.405 e. The summed E-state index contributed by atoms with van der Waals surface area (Å²) in [7, 11) is 0. The van der Waals surface area contributed by atoms with Crippen LogP contribution in [-0.4, -0.2) is 6.30 Å². The van der Waals surface area contributed by atoms with Gasteiger partial charge in [0.1, 0.15) is 0 Å². The Morgan fingerprint density at radius 1 is 0.500 bits per heavy atom. The van der Waals surface area contributed by atoms with Crippen LogP contribution in [0.1, 0.15) is 26.3 Å². The minimum absolute atomic E-state index is 1.19. The van der Waals surface area contributed by atoms with Gasteiger partial charge in [-0.25, -0.2) is 0 Å². The lowest BCUT2D eigenvalue weighted by Gasteiger charge is -2.27. The third-order valence-corrected chi connectivity index (χ3v) is 16.0. The lowest BCUT2D eigenvalue weighted by Crippen LogP contribution is -2.25. The molecule has 2 heterocycles. The molecule has 0 aliphatic rings. The topological polar surface area (TPSA) is 26.0 Å². The highest BCUT2D eigenvalue weighted by Gasteiger charge is 2.22. The molecule has 264 valence electrons. The van der Waals surface area contributed by atoms with E-state index in [1.54, 1.807) is 6.20 Å². The van der Waals surface area contributed by atoms with Crippen molar-refractivity contribution in [1.29, 1.82) is 0 Å². The van der Waals surface area contributed by atoms with Crippen molar-refractivity contribution >= 4 is 97.7 Å². The molecule has 54 heavy (non-hydrogen) atoms. The molecule has 0 bridgehead atoms. The predicted molar refractivity (Wildman–Crippen MR) is 247 cm³/mol. The van der Waals surface area contributed by atoms with Crippen molar-refractivity contribution in [1.82, 2.24) is 0 Å². The van der Waals surface area contributed by atoms with E-state index in [1.807, 2.05) is 42.6 Å². The van der Waals surface area contributed by atoms with Gasteiger partial charge in [0, 0.05) is 40.3 Å². The molecule has 0 aliphatic carbocycles. The fourth-order valence-corrected chi connectivity index (χ4v) is 12.5. The van der Waals surface area contributed by atoms with Crippen LogP contribution in [0.4, 0.5) is 0 Å². The average molecular weight is 752 g/mol. The van der Waals surface area contributed by atoms with Crippen molar-refractivity contribution in [2.45, 2.75) is 20.8 Å². The van der Waals surface area contributed by atoms with Gasteiger partial charge in [-0.15, -0.1) is 22.7 Å². The molecule has 2 aromatic heterocycles. The summed E-state index contributed by atoms with van der Waals surface area (Å²) in [5.41, 5.74) is 12.9. The van der Waals surface area contributed by atoms with Gasteiger partial charge in [-0.2, -0.15) is 0 Å². The lowest BCUT2D eigenvalue weighted by molar-refractivity contribution is 1.50. The van der Waals surface area contributed by atoms with E-state index in [-0.39, 0.29) is 0 Å². The van der Waals surface area contributed by atoms with E-state index < -0.39 is 6.89 Å². The molecule has 9 rings (SSSR count). The van der Waals surface area contributed by atoms with Crippen molar-refractivity contribution in [3.63, 3.8) is 0 Å². The van der Waals surface area contributed by atoms with E-state index in [0.717, 1.165) is 0 Å². The molecule has 0 radical (unpaired) electrons. The zero-order valence-corrected chi connectivity index (χ0v) is 33.3. The molecule has 0 amide bonds. The Kier molecular flexibility index (Phi) is 9.97. The monoisotopic (exact) mass is 751 g/mol. The summed E-state index contributed by atoms with van der Waals surface area (Å²) >= 11 is 3.72. The van der Waals surface area contributed by atoms with Crippen LogP contribution in [0.25, 0.3) is 68.2 Å². The number of fused-ring (bicyclic) bond motifs is 6. The molecule has 0 aliphatic heterocycles. The second kappa shape index (κ2) is 15.1. The Morgan fingerprint density at radius 3 is 1.41 bits per heavy atom. The van der Waals surface area contributed by atoms with Gasteiger partial charge in [-0.1, -0.05) is 129 Å². The highest BCUT2D eigenvalue weighted by atomic mass is 32.1. The second-order valence-corrected chi connectivity index (χ2v) is 18.6. The fraction of sp³-hybridized carbons (Fsp3) is 0.0600. The van der Waals surface area contributed by atoms with Crippen molar-refractivity contribution < 1.29 is 0 Å². The highest BCUT2D eigenvalue weighted by Crippen LogP contribution is 2.44. The molecule has 2 N–H and O–H groups in total. The molecule has 4 heteroatoms. The standard InChI is InChI=1S/C48H36NPS2.C2H6/c1-32(11-10-26-49)33-18-22-45-41(28-33)42-30-36(20-24-46(42)51-45)37-21-25-48-44(31-37)43-29-35(19-23-47(43)52-48)34-12-9-17-40(27-34)50(2,38-13-5-3-6-14-38)39-15-7-4-8-16-39;1-2/h3-31H,2,49H2,1H3;1-2H3/b26-10-,32-11+;. The molecular formula is C50H42NPS2. The van der Waals surface area contributed by atoms with E-state index >= 15 is 0 Å². The summed E-state index contributed by atoms with van der Waals surface area (Å²) in [6.45, 7) is 4.05. The zero-order chi connectivity index (χ0) is 37.2. The summed E-state index contributed by atoms with van der Waals surface area (Å²) in [5.74, 6) is 0. The van der Waals surface area contributed by atoms with Crippen LogP contribution >= 0.6 is 29.6 Å². The van der Waals surface area contributed by atoms with Crippen LogP contribution in [0.5, 0.6) is 0 Å². The van der Waals surface area contributed by atoms with E-state index in [2.05, 4.69) is 171 Å². The smallest absolute Gasteiger partial charge is 0.0355 e. The lowest BCUT2D eigenvalue weighted by atomic mass is 9.98. The van der Waals surface area contributed by atoms with Crippen LogP contribution < -0.4 is 21.6 Å². The summed E-state index contributed by atoms with van der Waals surface area (Å²) in [6, 6.07) is 58.3. The maximum Gasteiger partial charge on any atom is 0.0355 e. The van der Waals surface area contributed by atoms with Gasteiger partial charge in [0.15, 0.2) is 0 Å². The molecular weight excluding hydrogens is 710 g/mol. The SMILES string of the molecule is C=P(c1ccccc1)(c1ccccc1)c1cccc(-c2ccc3sc4ccc(-c5ccc6sc7ccc(/C(C)=C/C=C\N)cc7c6c5)cc4c3c2)c1.CC. The molecule has 7 aromatic carbocycles. The normalized spacial score (nSPS) is 12.2. The van der Waals surface area contributed by atoms with Crippen molar-refractivity contribution in [3.05, 3.63) is 182 Å². The number of rotatable bonds is 7. The van der Waals surface area contributed by atoms with Gasteiger partial charge in [0.2, 0.25) is 0 Å². The van der Waals surface area contributed by atoms with Crippen molar-refractivity contribution in [2.75, 3.05) is 0 Å². The maximum atomic E-state index is 5.60. The van der Waals surface area contributed by atoms with Gasteiger partial charge in [0.05, 0.1) is 0 Å². The number of nitrogens with two attached hydrogens (primary N) is 1. The van der Waals surface area contributed by atoms with Gasteiger partial charge in [-0.3, -0.25) is 0 Å².